The number of nitrogens with one attached hydrogen (secondary N) is 1. The van der Waals surface area contributed by atoms with Crippen molar-refractivity contribution in [2.24, 2.45) is 0 Å². The Hall–Kier alpha value is -0.440. The van der Waals surface area contributed by atoms with Crippen molar-refractivity contribution in [2.45, 2.75) is 19.1 Å². The maximum atomic E-state index is 10.6. The van der Waals surface area contributed by atoms with Gasteiger partial charge in [0.15, 0.2) is 0 Å². The molecule has 0 saturated heterocycles. The standard InChI is InChI=1S/C6H10NOS/c1-3-4-7-6(8)5(2)9/h3-5H,1-2H3,(H,7,8)/b4-3-. The second kappa shape index (κ2) is 4.44. The van der Waals surface area contributed by atoms with Crippen molar-refractivity contribution in [3.05, 3.63) is 12.3 Å². The van der Waals surface area contributed by atoms with Crippen molar-refractivity contribution >= 4 is 18.5 Å². The molecule has 9 heavy (non-hydrogen) atoms. The molecule has 1 radical (unpaired) electrons. The molecule has 0 bridgehead atoms. The van der Waals surface area contributed by atoms with Crippen LogP contribution in [0.3, 0.4) is 0 Å². The molecule has 1 unspecified atom stereocenters. The Bertz CT molecular complexity index is 120. The van der Waals surface area contributed by atoms with E-state index in [1.807, 2.05) is 6.92 Å². The molecule has 0 aliphatic rings. The molecule has 1 N–H and O–H groups in total. The van der Waals surface area contributed by atoms with Gasteiger partial charge in [0.2, 0.25) is 5.91 Å². The molecule has 0 aromatic rings. The molecule has 0 aromatic heterocycles. The largest absolute Gasteiger partial charge is 0.332 e. The molecule has 0 spiro atoms. The minimum absolute atomic E-state index is 0.122. The summed E-state index contributed by atoms with van der Waals surface area (Å²) in [7, 11) is 0. The van der Waals surface area contributed by atoms with Gasteiger partial charge in [-0.15, -0.1) is 0 Å². The van der Waals surface area contributed by atoms with Gasteiger partial charge in [0, 0.05) is 0 Å². The molecule has 0 fully saturated rings. The lowest BCUT2D eigenvalue weighted by Crippen LogP contribution is -2.24. The molecular weight excluding hydrogens is 134 g/mol. The van der Waals surface area contributed by atoms with Crippen molar-refractivity contribution < 1.29 is 4.79 Å². The van der Waals surface area contributed by atoms with Gasteiger partial charge in [-0.05, 0) is 20.0 Å². The molecule has 1 amide bonds. The zero-order valence-electron chi connectivity index (χ0n) is 5.55. The Balaban J connectivity index is 3.51. The number of carbonyl (C=O) groups excluding carboxylic acids is 1. The lowest BCUT2D eigenvalue weighted by molar-refractivity contribution is -0.119. The third kappa shape index (κ3) is 4.09. The molecule has 2 nitrogen and oxygen atoms in total. The third-order valence-electron chi connectivity index (χ3n) is 0.761. The first-order chi connectivity index (χ1) is 4.18. The van der Waals surface area contributed by atoms with E-state index in [4.69, 9.17) is 0 Å². The van der Waals surface area contributed by atoms with E-state index in [1.54, 1.807) is 19.2 Å². The summed E-state index contributed by atoms with van der Waals surface area (Å²) >= 11 is 4.67. The summed E-state index contributed by atoms with van der Waals surface area (Å²) in [6.45, 7) is 3.50. The number of hydrogen-bond acceptors (Lipinski definition) is 1. The van der Waals surface area contributed by atoms with Crippen LogP contribution in [0.2, 0.25) is 0 Å². The smallest absolute Gasteiger partial charge is 0.237 e. The average Bonchev–Trinajstić information content (AvgIpc) is 1.82. The van der Waals surface area contributed by atoms with Gasteiger partial charge in [-0.2, -0.15) is 0 Å². The van der Waals surface area contributed by atoms with Crippen LogP contribution in [0, 0.1) is 0 Å². The summed E-state index contributed by atoms with van der Waals surface area (Å²) in [5.74, 6) is -0.122. The summed E-state index contributed by atoms with van der Waals surface area (Å²) in [4.78, 5) is 10.6. The second-order valence-corrected chi connectivity index (χ2v) is 2.36. The number of allylic oxidation sites excluding steroid dienone is 1. The first kappa shape index (κ1) is 8.56. The van der Waals surface area contributed by atoms with Gasteiger partial charge < -0.3 is 5.32 Å². The predicted octanol–water partition coefficient (Wildman–Crippen LogP) is 1.22. The van der Waals surface area contributed by atoms with Crippen LogP contribution >= 0.6 is 12.6 Å². The number of carbonyl (C=O) groups is 1. The third-order valence-corrected chi connectivity index (χ3v) is 0.976. The summed E-state index contributed by atoms with van der Waals surface area (Å²) in [5.41, 5.74) is 0. The normalized spacial score (nSPS) is 13.7. The van der Waals surface area contributed by atoms with Gasteiger partial charge in [-0.1, -0.05) is 18.7 Å². The van der Waals surface area contributed by atoms with Gasteiger partial charge in [0.05, 0.1) is 5.25 Å². The van der Waals surface area contributed by atoms with Gasteiger partial charge in [-0.3, -0.25) is 4.79 Å². The van der Waals surface area contributed by atoms with Crippen LogP contribution in [0.1, 0.15) is 13.8 Å². The molecule has 0 saturated carbocycles. The molecule has 0 rings (SSSR count). The topological polar surface area (TPSA) is 29.1 Å². The van der Waals surface area contributed by atoms with E-state index in [1.165, 1.54) is 0 Å². The zero-order valence-corrected chi connectivity index (χ0v) is 6.37. The van der Waals surface area contributed by atoms with E-state index in [9.17, 15) is 4.79 Å². The summed E-state index contributed by atoms with van der Waals surface area (Å²) in [5, 5.41) is 2.16. The maximum absolute atomic E-state index is 10.6. The quantitative estimate of drug-likeness (QED) is 0.620. The van der Waals surface area contributed by atoms with Crippen molar-refractivity contribution in [2.75, 3.05) is 0 Å². The van der Waals surface area contributed by atoms with Crippen LogP contribution < -0.4 is 5.32 Å². The lowest BCUT2D eigenvalue weighted by Gasteiger charge is -1.98. The highest BCUT2D eigenvalue weighted by atomic mass is 32.1. The minimum Gasteiger partial charge on any atom is -0.332 e. The lowest BCUT2D eigenvalue weighted by atomic mass is 10.4. The SMILES string of the molecule is C/C=C\NC(=O)C(C)[S]. The minimum atomic E-state index is -0.346. The molecule has 0 aliphatic heterocycles. The number of rotatable bonds is 2. The molecule has 3 heteroatoms. The van der Waals surface area contributed by atoms with E-state index in [-0.39, 0.29) is 11.2 Å². The highest BCUT2D eigenvalue weighted by Crippen LogP contribution is 1.90. The molecule has 1 atom stereocenters. The average molecular weight is 144 g/mol. The van der Waals surface area contributed by atoms with Gasteiger partial charge in [-0.25, -0.2) is 0 Å². The Morgan fingerprint density at radius 2 is 2.33 bits per heavy atom. The Morgan fingerprint density at radius 1 is 1.78 bits per heavy atom. The molecule has 0 aliphatic carbocycles. The predicted molar refractivity (Wildman–Crippen MR) is 40.0 cm³/mol. The molecule has 51 valence electrons. The van der Waals surface area contributed by atoms with Crippen molar-refractivity contribution in [3.8, 4) is 0 Å². The summed E-state index contributed by atoms with van der Waals surface area (Å²) < 4.78 is 0. The molecule has 0 aromatic carbocycles. The first-order valence-corrected chi connectivity index (χ1v) is 3.23. The van der Waals surface area contributed by atoms with Gasteiger partial charge >= 0.3 is 0 Å². The Kier molecular flexibility index (Phi) is 4.22. The van der Waals surface area contributed by atoms with E-state index in [0.29, 0.717) is 0 Å². The van der Waals surface area contributed by atoms with Gasteiger partial charge in [0.25, 0.3) is 0 Å². The molecular formula is C6H10NOS. The van der Waals surface area contributed by atoms with Crippen molar-refractivity contribution in [1.29, 1.82) is 0 Å². The van der Waals surface area contributed by atoms with Crippen molar-refractivity contribution in [3.63, 3.8) is 0 Å². The zero-order chi connectivity index (χ0) is 7.28. The monoisotopic (exact) mass is 144 g/mol. The Morgan fingerprint density at radius 3 is 2.67 bits per heavy atom. The maximum Gasteiger partial charge on any atom is 0.237 e. The van der Waals surface area contributed by atoms with Crippen LogP contribution in [0.25, 0.3) is 0 Å². The summed E-state index contributed by atoms with van der Waals surface area (Å²) in [6.07, 6.45) is 3.32. The van der Waals surface area contributed by atoms with Crippen LogP contribution in [0.5, 0.6) is 0 Å². The van der Waals surface area contributed by atoms with E-state index < -0.39 is 0 Å². The van der Waals surface area contributed by atoms with E-state index >= 15 is 0 Å². The van der Waals surface area contributed by atoms with E-state index in [2.05, 4.69) is 17.9 Å². The highest BCUT2D eigenvalue weighted by molar-refractivity contribution is 7.81. The van der Waals surface area contributed by atoms with E-state index in [0.717, 1.165) is 0 Å². The van der Waals surface area contributed by atoms with Crippen LogP contribution in [-0.2, 0) is 4.79 Å². The van der Waals surface area contributed by atoms with Crippen LogP contribution in [0.4, 0.5) is 0 Å². The fraction of sp³-hybridized carbons (Fsp3) is 0.500. The fourth-order valence-electron chi connectivity index (χ4n) is 0.283. The number of amides is 1. The highest BCUT2D eigenvalue weighted by Gasteiger charge is 2.03. The Labute approximate surface area is 60.7 Å². The first-order valence-electron chi connectivity index (χ1n) is 2.76. The van der Waals surface area contributed by atoms with Gasteiger partial charge in [0.1, 0.15) is 0 Å². The van der Waals surface area contributed by atoms with Crippen LogP contribution in [0.15, 0.2) is 12.3 Å². The number of hydrogen-bond donors (Lipinski definition) is 1. The van der Waals surface area contributed by atoms with Crippen LogP contribution in [-0.4, -0.2) is 11.2 Å². The second-order valence-electron chi connectivity index (χ2n) is 1.65. The fourth-order valence-corrected chi connectivity index (χ4v) is 0.351. The summed E-state index contributed by atoms with van der Waals surface area (Å²) in [6, 6.07) is 0. The van der Waals surface area contributed by atoms with Crippen molar-refractivity contribution in [1.82, 2.24) is 5.32 Å². The molecule has 0 heterocycles.